The first-order valence-corrected chi connectivity index (χ1v) is 4.41. The molecule has 0 radical (unpaired) electrons. The molecular weight excluding hydrogens is 184 g/mol. The molecule has 0 aliphatic rings. The molecule has 0 N–H and O–H groups in total. The quantitative estimate of drug-likeness (QED) is 0.480. The van der Waals surface area contributed by atoms with Gasteiger partial charge in [-0.2, -0.15) is 10.2 Å². The molecule has 0 fully saturated rings. The van der Waals surface area contributed by atoms with Crippen LogP contribution in [-0.2, 0) is 9.53 Å². The molecule has 14 heavy (non-hydrogen) atoms. The zero-order valence-corrected chi connectivity index (χ0v) is 8.45. The summed E-state index contributed by atoms with van der Waals surface area (Å²) in [6.07, 6.45) is 1.12. The van der Waals surface area contributed by atoms with Crippen LogP contribution < -0.4 is 0 Å². The fourth-order valence-electron chi connectivity index (χ4n) is 1.43. The normalized spacial score (nSPS) is 13.8. The molecule has 0 saturated heterocycles. The summed E-state index contributed by atoms with van der Waals surface area (Å²) in [5, 5.41) is 11.3. The van der Waals surface area contributed by atoms with Gasteiger partial charge in [-0.3, -0.25) is 4.79 Å². The van der Waals surface area contributed by atoms with Gasteiger partial charge in [-0.25, -0.2) is 0 Å². The number of ether oxygens (including phenoxy) is 1. The van der Waals surface area contributed by atoms with Crippen molar-refractivity contribution in [2.24, 2.45) is 10.6 Å². The predicted molar refractivity (Wildman–Crippen MR) is 50.2 cm³/mol. The zero-order valence-electron chi connectivity index (χ0n) is 8.45. The minimum Gasteiger partial charge on any atom is -0.469 e. The minimum absolute atomic E-state index is 0.0285. The number of hydrogen-bond acceptors (Lipinski definition) is 5. The van der Waals surface area contributed by atoms with Crippen molar-refractivity contribution >= 4 is 5.97 Å². The van der Waals surface area contributed by atoms with E-state index >= 15 is 0 Å². The van der Waals surface area contributed by atoms with Crippen molar-refractivity contribution in [2.45, 2.75) is 26.2 Å². The molecule has 0 heterocycles. The molecular formula is C9H14N2O3. The Kier molecular flexibility index (Phi) is 5.46. The summed E-state index contributed by atoms with van der Waals surface area (Å²) in [7, 11) is 1.24. The van der Waals surface area contributed by atoms with Crippen LogP contribution in [0.1, 0.15) is 26.2 Å². The lowest BCUT2D eigenvalue weighted by Crippen LogP contribution is -2.35. The fourth-order valence-corrected chi connectivity index (χ4v) is 1.43. The highest BCUT2D eigenvalue weighted by Crippen LogP contribution is 2.30. The van der Waals surface area contributed by atoms with Crippen molar-refractivity contribution in [2.75, 3.05) is 13.7 Å². The van der Waals surface area contributed by atoms with E-state index in [9.17, 15) is 9.70 Å². The van der Waals surface area contributed by atoms with Crippen molar-refractivity contribution in [3.05, 3.63) is 4.91 Å². The summed E-state index contributed by atoms with van der Waals surface area (Å²) in [4.78, 5) is 21.7. The Morgan fingerprint density at radius 3 is 2.64 bits per heavy atom. The molecule has 0 amide bonds. The molecule has 0 aliphatic heterocycles. The Labute approximate surface area is 83.0 Å². The van der Waals surface area contributed by atoms with Gasteiger partial charge in [0.2, 0.25) is 0 Å². The Bertz CT molecular complexity index is 247. The molecule has 5 heteroatoms. The van der Waals surface area contributed by atoms with Gasteiger partial charge in [-0.05, 0) is 6.42 Å². The van der Waals surface area contributed by atoms with Gasteiger partial charge in [-0.15, -0.1) is 0 Å². The number of nitrogens with zero attached hydrogens (tertiary/aromatic N) is 2. The van der Waals surface area contributed by atoms with E-state index in [1.165, 1.54) is 7.11 Å². The van der Waals surface area contributed by atoms with Gasteiger partial charge in [0, 0.05) is 0 Å². The number of esters is 1. The van der Waals surface area contributed by atoms with Crippen molar-refractivity contribution in [1.82, 2.24) is 0 Å². The highest BCUT2D eigenvalue weighted by Gasteiger charge is 2.39. The Balaban J connectivity index is 4.82. The maximum Gasteiger partial charge on any atom is 0.314 e. The third-order valence-corrected chi connectivity index (χ3v) is 2.13. The summed E-state index contributed by atoms with van der Waals surface area (Å²) in [6, 6.07) is 1.89. The van der Waals surface area contributed by atoms with Gasteiger partial charge in [0.1, 0.15) is 5.41 Å². The molecule has 0 bridgehead atoms. The molecule has 0 unspecified atom stereocenters. The summed E-state index contributed by atoms with van der Waals surface area (Å²) < 4.78 is 4.58. The standard InChI is InChI=1S/C9H14N2O3/c1-3-4-9(5-6-10,7-11-13)8(12)14-2/h3-5,7H2,1-2H3/t9-/m0/s1. The second kappa shape index (κ2) is 6.08. The average Bonchev–Trinajstić information content (AvgIpc) is 2.17. The zero-order chi connectivity index (χ0) is 11.0. The van der Waals surface area contributed by atoms with Gasteiger partial charge in [0.05, 0.1) is 26.1 Å². The average molecular weight is 198 g/mol. The van der Waals surface area contributed by atoms with Crippen LogP contribution in [0.4, 0.5) is 0 Å². The molecule has 0 aromatic carbocycles. The molecule has 0 aliphatic carbocycles. The van der Waals surface area contributed by atoms with Crippen LogP contribution in [-0.4, -0.2) is 19.6 Å². The van der Waals surface area contributed by atoms with Gasteiger partial charge >= 0.3 is 5.97 Å². The number of nitriles is 1. The lowest BCUT2D eigenvalue weighted by molar-refractivity contribution is -0.152. The maximum absolute atomic E-state index is 11.4. The molecule has 0 spiro atoms. The summed E-state index contributed by atoms with van der Waals surface area (Å²) in [5.41, 5.74) is -1.04. The molecule has 0 aromatic heterocycles. The maximum atomic E-state index is 11.4. The molecule has 0 aromatic rings. The van der Waals surface area contributed by atoms with E-state index in [4.69, 9.17) is 5.26 Å². The van der Waals surface area contributed by atoms with Crippen LogP contribution in [0.5, 0.6) is 0 Å². The highest BCUT2D eigenvalue weighted by atomic mass is 16.5. The number of carbonyl (C=O) groups is 1. The first-order valence-electron chi connectivity index (χ1n) is 4.41. The molecule has 1 atom stereocenters. The monoisotopic (exact) mass is 198 g/mol. The number of rotatable bonds is 6. The largest absolute Gasteiger partial charge is 0.469 e. The summed E-state index contributed by atoms with van der Waals surface area (Å²) in [6.45, 7) is 1.68. The number of hydrogen-bond donors (Lipinski definition) is 0. The lowest BCUT2D eigenvalue weighted by Gasteiger charge is -2.24. The van der Waals surface area contributed by atoms with Crippen LogP contribution in [0, 0.1) is 21.7 Å². The number of methoxy groups -OCH3 is 1. The highest BCUT2D eigenvalue weighted by molar-refractivity contribution is 5.77. The van der Waals surface area contributed by atoms with Crippen LogP contribution in [0.2, 0.25) is 0 Å². The van der Waals surface area contributed by atoms with Crippen molar-refractivity contribution in [1.29, 1.82) is 5.26 Å². The Morgan fingerprint density at radius 2 is 2.29 bits per heavy atom. The third kappa shape index (κ3) is 2.80. The number of carbonyl (C=O) groups excluding carboxylic acids is 1. The lowest BCUT2D eigenvalue weighted by atomic mass is 9.80. The second-order valence-corrected chi connectivity index (χ2v) is 3.14. The van der Waals surface area contributed by atoms with Crippen LogP contribution >= 0.6 is 0 Å². The summed E-state index contributed by atoms with van der Waals surface area (Å²) in [5.74, 6) is -0.527. The molecule has 78 valence electrons. The van der Waals surface area contributed by atoms with Crippen LogP contribution in [0.25, 0.3) is 0 Å². The fraction of sp³-hybridized carbons (Fsp3) is 0.778. The number of nitroso groups, excluding NO2 is 1. The Hall–Kier alpha value is -1.44. The van der Waals surface area contributed by atoms with Crippen molar-refractivity contribution in [3.8, 4) is 6.07 Å². The van der Waals surface area contributed by atoms with E-state index in [1.807, 2.05) is 13.0 Å². The first kappa shape index (κ1) is 12.6. The van der Waals surface area contributed by atoms with E-state index in [0.717, 1.165) is 0 Å². The first-order chi connectivity index (χ1) is 6.66. The second-order valence-electron chi connectivity index (χ2n) is 3.14. The van der Waals surface area contributed by atoms with Gasteiger partial charge in [-0.1, -0.05) is 18.5 Å². The van der Waals surface area contributed by atoms with E-state index in [0.29, 0.717) is 12.8 Å². The third-order valence-electron chi connectivity index (χ3n) is 2.13. The van der Waals surface area contributed by atoms with Crippen molar-refractivity contribution in [3.63, 3.8) is 0 Å². The summed E-state index contributed by atoms with van der Waals surface area (Å²) >= 11 is 0. The van der Waals surface area contributed by atoms with Gasteiger partial charge < -0.3 is 4.74 Å². The Morgan fingerprint density at radius 1 is 1.64 bits per heavy atom. The van der Waals surface area contributed by atoms with Gasteiger partial charge in [0.25, 0.3) is 0 Å². The van der Waals surface area contributed by atoms with Crippen LogP contribution in [0.3, 0.4) is 0 Å². The predicted octanol–water partition coefficient (Wildman–Crippen LogP) is 1.63. The van der Waals surface area contributed by atoms with E-state index in [-0.39, 0.29) is 13.0 Å². The molecule has 5 nitrogen and oxygen atoms in total. The molecule has 0 saturated carbocycles. The van der Waals surface area contributed by atoms with E-state index in [2.05, 4.69) is 9.91 Å². The van der Waals surface area contributed by atoms with Crippen LogP contribution in [0.15, 0.2) is 5.18 Å². The SMILES string of the molecule is CCC[C@](CC#N)(CN=O)C(=O)OC. The van der Waals surface area contributed by atoms with E-state index in [1.54, 1.807) is 0 Å². The van der Waals surface area contributed by atoms with Crippen molar-refractivity contribution < 1.29 is 9.53 Å². The minimum atomic E-state index is -1.04. The topological polar surface area (TPSA) is 79.5 Å². The molecule has 0 rings (SSSR count). The smallest absolute Gasteiger partial charge is 0.314 e. The van der Waals surface area contributed by atoms with Gasteiger partial charge in [0.15, 0.2) is 0 Å². The van der Waals surface area contributed by atoms with E-state index < -0.39 is 11.4 Å².